The van der Waals surface area contributed by atoms with E-state index in [1.807, 2.05) is 0 Å². The Morgan fingerprint density at radius 1 is 1.53 bits per heavy atom. The zero-order chi connectivity index (χ0) is 11.3. The van der Waals surface area contributed by atoms with E-state index in [4.69, 9.17) is 9.84 Å². The van der Waals surface area contributed by atoms with E-state index in [-0.39, 0.29) is 5.91 Å². The third-order valence-corrected chi connectivity index (χ3v) is 2.60. The summed E-state index contributed by atoms with van der Waals surface area (Å²) >= 11 is 0. The maximum atomic E-state index is 11.6. The molecule has 0 aromatic rings. The van der Waals surface area contributed by atoms with Gasteiger partial charge in [0.05, 0.1) is 0 Å². The third kappa shape index (κ3) is 3.20. The first-order valence-corrected chi connectivity index (χ1v) is 5.18. The van der Waals surface area contributed by atoms with E-state index in [1.165, 1.54) is 4.90 Å². The van der Waals surface area contributed by atoms with Crippen molar-refractivity contribution in [2.75, 3.05) is 20.3 Å². The van der Waals surface area contributed by atoms with Crippen LogP contribution in [-0.2, 0) is 14.3 Å². The number of carbonyl (C=O) groups excluding carboxylic acids is 1. The van der Waals surface area contributed by atoms with Crippen molar-refractivity contribution in [2.45, 2.75) is 31.7 Å². The normalized spacial score (nSPS) is 20.6. The summed E-state index contributed by atoms with van der Waals surface area (Å²) in [6, 6.07) is -0.611. The molecule has 0 radical (unpaired) electrons. The fraction of sp³-hybridized carbons (Fsp3) is 0.800. The number of nitrogens with zero attached hydrogens (tertiary/aromatic N) is 1. The first kappa shape index (κ1) is 12.0. The van der Waals surface area contributed by atoms with Crippen molar-refractivity contribution in [2.24, 2.45) is 0 Å². The second-order valence-electron chi connectivity index (χ2n) is 3.68. The van der Waals surface area contributed by atoms with Gasteiger partial charge in [-0.25, -0.2) is 4.79 Å². The van der Waals surface area contributed by atoms with Gasteiger partial charge in [-0.3, -0.25) is 4.79 Å². The number of rotatable bonds is 5. The fourth-order valence-electron chi connectivity index (χ4n) is 1.83. The highest BCUT2D eigenvalue weighted by Gasteiger charge is 2.33. The Bertz CT molecular complexity index is 242. The van der Waals surface area contributed by atoms with Crippen molar-refractivity contribution in [3.8, 4) is 0 Å². The van der Waals surface area contributed by atoms with Crippen molar-refractivity contribution in [3.05, 3.63) is 0 Å². The molecular weight excluding hydrogens is 198 g/mol. The lowest BCUT2D eigenvalue weighted by molar-refractivity contribution is -0.148. The predicted octanol–water partition coefficient (Wildman–Crippen LogP) is 0.489. The number of amides is 1. The highest BCUT2D eigenvalue weighted by atomic mass is 16.5. The number of methoxy groups -OCH3 is 1. The predicted molar refractivity (Wildman–Crippen MR) is 53.5 cm³/mol. The lowest BCUT2D eigenvalue weighted by Crippen LogP contribution is -2.40. The smallest absolute Gasteiger partial charge is 0.326 e. The van der Waals surface area contributed by atoms with Gasteiger partial charge in [0.2, 0.25) is 5.91 Å². The molecular formula is C10H17NO4. The molecule has 1 atom stereocenters. The van der Waals surface area contributed by atoms with Crippen LogP contribution in [0.3, 0.4) is 0 Å². The van der Waals surface area contributed by atoms with Crippen LogP contribution in [0.5, 0.6) is 0 Å². The zero-order valence-electron chi connectivity index (χ0n) is 8.94. The third-order valence-electron chi connectivity index (χ3n) is 2.60. The number of likely N-dealkylation sites (tertiary alicyclic amines) is 1. The van der Waals surface area contributed by atoms with Crippen molar-refractivity contribution >= 4 is 11.9 Å². The molecule has 1 rings (SSSR count). The Morgan fingerprint density at radius 3 is 2.87 bits per heavy atom. The summed E-state index contributed by atoms with van der Waals surface area (Å²) in [5.74, 6) is -0.968. The lowest BCUT2D eigenvalue weighted by Gasteiger charge is -2.21. The van der Waals surface area contributed by atoms with Gasteiger partial charge < -0.3 is 14.7 Å². The van der Waals surface area contributed by atoms with Gasteiger partial charge in [0.15, 0.2) is 0 Å². The summed E-state index contributed by atoms with van der Waals surface area (Å²) in [6.07, 6.45) is 2.38. The highest BCUT2D eigenvalue weighted by molar-refractivity contribution is 5.84. The largest absolute Gasteiger partial charge is 0.480 e. The molecule has 1 amide bonds. The summed E-state index contributed by atoms with van der Waals surface area (Å²) < 4.78 is 4.84. The number of carboxylic acids is 1. The van der Waals surface area contributed by atoms with E-state index in [0.29, 0.717) is 32.4 Å². The molecule has 0 aliphatic carbocycles. The summed E-state index contributed by atoms with van der Waals surface area (Å²) in [7, 11) is 1.58. The molecule has 1 unspecified atom stereocenters. The van der Waals surface area contributed by atoms with Gasteiger partial charge in [0.25, 0.3) is 0 Å². The Labute approximate surface area is 89.0 Å². The molecule has 0 spiro atoms. The number of carboxylic acid groups (broad SMARTS) is 1. The molecule has 1 N–H and O–H groups in total. The van der Waals surface area contributed by atoms with Gasteiger partial charge in [-0.05, 0) is 19.3 Å². The van der Waals surface area contributed by atoms with Crippen LogP contribution in [-0.4, -0.2) is 48.2 Å². The SMILES string of the molecule is COCCCC(=O)N1CCCC1C(=O)O. The Kier molecular flexibility index (Phi) is 4.55. The number of carbonyl (C=O) groups is 2. The molecule has 1 heterocycles. The van der Waals surface area contributed by atoms with Crippen LogP contribution in [0, 0.1) is 0 Å². The van der Waals surface area contributed by atoms with Gasteiger partial charge in [-0.1, -0.05) is 0 Å². The summed E-state index contributed by atoms with van der Waals surface area (Å²) in [6.45, 7) is 1.11. The quantitative estimate of drug-likeness (QED) is 0.678. The maximum Gasteiger partial charge on any atom is 0.326 e. The molecule has 1 saturated heterocycles. The standard InChI is InChI=1S/C10H17NO4/c1-15-7-3-5-9(12)11-6-2-4-8(11)10(13)14/h8H,2-7H2,1H3,(H,13,14). The van der Waals surface area contributed by atoms with E-state index >= 15 is 0 Å². The Morgan fingerprint density at radius 2 is 2.27 bits per heavy atom. The zero-order valence-corrected chi connectivity index (χ0v) is 8.94. The molecule has 0 bridgehead atoms. The monoisotopic (exact) mass is 215 g/mol. The molecule has 1 aliphatic rings. The van der Waals surface area contributed by atoms with Crippen LogP contribution >= 0.6 is 0 Å². The number of ether oxygens (including phenoxy) is 1. The first-order chi connectivity index (χ1) is 7.16. The van der Waals surface area contributed by atoms with E-state index in [2.05, 4.69) is 0 Å². The molecule has 5 heteroatoms. The van der Waals surface area contributed by atoms with Crippen LogP contribution in [0.1, 0.15) is 25.7 Å². The average molecular weight is 215 g/mol. The topological polar surface area (TPSA) is 66.8 Å². The van der Waals surface area contributed by atoms with Gasteiger partial charge in [0.1, 0.15) is 6.04 Å². The molecule has 0 saturated carbocycles. The molecule has 1 aliphatic heterocycles. The van der Waals surface area contributed by atoms with Crippen LogP contribution in [0.4, 0.5) is 0 Å². The van der Waals surface area contributed by atoms with Gasteiger partial charge in [-0.2, -0.15) is 0 Å². The van der Waals surface area contributed by atoms with Crippen molar-refractivity contribution in [1.82, 2.24) is 4.90 Å². The lowest BCUT2D eigenvalue weighted by atomic mass is 10.2. The molecule has 0 aromatic heterocycles. The van der Waals surface area contributed by atoms with E-state index in [9.17, 15) is 9.59 Å². The minimum atomic E-state index is -0.896. The number of hydrogen-bond acceptors (Lipinski definition) is 3. The molecule has 15 heavy (non-hydrogen) atoms. The van der Waals surface area contributed by atoms with E-state index < -0.39 is 12.0 Å². The second-order valence-corrected chi connectivity index (χ2v) is 3.68. The minimum Gasteiger partial charge on any atom is -0.480 e. The fourth-order valence-corrected chi connectivity index (χ4v) is 1.83. The van der Waals surface area contributed by atoms with Crippen molar-refractivity contribution in [3.63, 3.8) is 0 Å². The van der Waals surface area contributed by atoms with Crippen molar-refractivity contribution in [1.29, 1.82) is 0 Å². The number of aliphatic carboxylic acids is 1. The molecule has 1 fully saturated rings. The number of hydrogen-bond donors (Lipinski definition) is 1. The van der Waals surface area contributed by atoms with E-state index in [0.717, 1.165) is 6.42 Å². The Hall–Kier alpha value is -1.10. The molecule has 86 valence electrons. The highest BCUT2D eigenvalue weighted by Crippen LogP contribution is 2.18. The average Bonchev–Trinajstić information content (AvgIpc) is 2.66. The van der Waals surface area contributed by atoms with Crippen LogP contribution in [0.2, 0.25) is 0 Å². The van der Waals surface area contributed by atoms with Crippen LogP contribution in [0.25, 0.3) is 0 Å². The summed E-state index contributed by atoms with van der Waals surface area (Å²) in [5, 5.41) is 8.89. The molecule has 0 aromatic carbocycles. The van der Waals surface area contributed by atoms with E-state index in [1.54, 1.807) is 7.11 Å². The van der Waals surface area contributed by atoms with Gasteiger partial charge >= 0.3 is 5.97 Å². The first-order valence-electron chi connectivity index (χ1n) is 5.18. The van der Waals surface area contributed by atoms with Crippen LogP contribution in [0.15, 0.2) is 0 Å². The minimum absolute atomic E-state index is 0.0723. The van der Waals surface area contributed by atoms with Gasteiger partial charge in [0, 0.05) is 26.7 Å². The molecule has 5 nitrogen and oxygen atoms in total. The van der Waals surface area contributed by atoms with Crippen molar-refractivity contribution < 1.29 is 19.4 Å². The maximum absolute atomic E-state index is 11.6. The Balaban J connectivity index is 2.40. The summed E-state index contributed by atoms with van der Waals surface area (Å²) in [5.41, 5.74) is 0. The summed E-state index contributed by atoms with van der Waals surface area (Å²) in [4.78, 5) is 23.9. The second kappa shape index (κ2) is 5.70. The van der Waals surface area contributed by atoms with Gasteiger partial charge in [-0.15, -0.1) is 0 Å². The van der Waals surface area contributed by atoms with Crippen LogP contribution < -0.4 is 0 Å².